The summed E-state index contributed by atoms with van der Waals surface area (Å²) in [6, 6.07) is 3.60. The van der Waals surface area contributed by atoms with Crippen LogP contribution < -0.4 is 16.0 Å². The molecule has 0 saturated carbocycles. The SMILES string of the molecule is CCn1cnc(C2C=CC=C(Nc3cc(Nc4cc(C)nc(C)n4)ncc3C(=O)NC)C2OC)n1. The van der Waals surface area contributed by atoms with Gasteiger partial charge in [-0.2, -0.15) is 5.10 Å². The first-order chi connectivity index (χ1) is 16.9. The van der Waals surface area contributed by atoms with Gasteiger partial charge >= 0.3 is 0 Å². The Bertz CT molecular complexity index is 1260. The van der Waals surface area contributed by atoms with Crippen molar-refractivity contribution in [3.63, 3.8) is 0 Å². The summed E-state index contributed by atoms with van der Waals surface area (Å²) in [5, 5.41) is 13.8. The third-order valence-corrected chi connectivity index (χ3v) is 5.53. The average molecular weight is 476 g/mol. The van der Waals surface area contributed by atoms with Gasteiger partial charge in [0.2, 0.25) is 0 Å². The molecule has 0 spiro atoms. The van der Waals surface area contributed by atoms with Gasteiger partial charge in [-0.05, 0) is 26.8 Å². The fourth-order valence-electron chi connectivity index (χ4n) is 3.90. The molecule has 0 saturated heterocycles. The maximum Gasteiger partial charge on any atom is 0.254 e. The quantitative estimate of drug-likeness (QED) is 0.450. The van der Waals surface area contributed by atoms with Crippen molar-refractivity contribution in [2.75, 3.05) is 24.8 Å². The zero-order valence-corrected chi connectivity index (χ0v) is 20.4. The van der Waals surface area contributed by atoms with E-state index in [1.54, 1.807) is 31.2 Å². The molecule has 3 N–H and O–H groups in total. The molecule has 2 atom stereocenters. The number of methoxy groups -OCH3 is 1. The molecule has 35 heavy (non-hydrogen) atoms. The number of aryl methyl sites for hydroxylation is 3. The molecule has 182 valence electrons. The lowest BCUT2D eigenvalue weighted by atomic mass is 9.93. The van der Waals surface area contributed by atoms with E-state index >= 15 is 0 Å². The number of nitrogens with one attached hydrogen (secondary N) is 3. The molecule has 1 amide bonds. The molecule has 3 aromatic rings. The van der Waals surface area contributed by atoms with E-state index in [1.165, 1.54) is 6.20 Å². The number of carbonyl (C=O) groups is 1. The molecule has 0 radical (unpaired) electrons. The number of nitrogens with zero attached hydrogens (tertiary/aromatic N) is 6. The highest BCUT2D eigenvalue weighted by molar-refractivity contribution is 6.00. The molecule has 3 heterocycles. The summed E-state index contributed by atoms with van der Waals surface area (Å²) >= 11 is 0. The van der Waals surface area contributed by atoms with E-state index in [0.717, 1.165) is 17.9 Å². The van der Waals surface area contributed by atoms with Crippen LogP contribution in [0.25, 0.3) is 0 Å². The Labute approximate surface area is 203 Å². The topological polar surface area (TPSA) is 132 Å². The van der Waals surface area contributed by atoms with Crippen LogP contribution in [-0.4, -0.2) is 55.9 Å². The third kappa shape index (κ3) is 5.35. The highest BCUT2D eigenvalue weighted by atomic mass is 16.5. The molecule has 0 aromatic carbocycles. The third-order valence-electron chi connectivity index (χ3n) is 5.53. The summed E-state index contributed by atoms with van der Waals surface area (Å²) in [7, 11) is 3.22. The summed E-state index contributed by atoms with van der Waals surface area (Å²) in [6.45, 7) is 6.47. The van der Waals surface area contributed by atoms with Gasteiger partial charge < -0.3 is 20.7 Å². The highest BCUT2D eigenvalue weighted by Crippen LogP contribution is 2.31. The molecule has 3 aromatic heterocycles. The van der Waals surface area contributed by atoms with Crippen molar-refractivity contribution < 1.29 is 9.53 Å². The van der Waals surface area contributed by atoms with Crippen molar-refractivity contribution in [1.29, 1.82) is 0 Å². The van der Waals surface area contributed by atoms with Gasteiger partial charge in [-0.15, -0.1) is 0 Å². The highest BCUT2D eigenvalue weighted by Gasteiger charge is 2.30. The number of ether oxygens (including phenoxy) is 1. The second-order valence-electron chi connectivity index (χ2n) is 8.03. The standard InChI is InChI=1S/C24H29N9O2/c1-6-33-13-27-23(32-33)16-8-7-9-18(22(16)35-5)30-19-11-20(26-12-17(19)24(34)25-4)31-21-10-14(2)28-15(3)29-21/h7-13,16,22H,6H2,1-5H3,(H,25,34)(H2,26,28,29,30,31). The molecule has 4 rings (SSSR count). The molecule has 1 aliphatic carbocycles. The van der Waals surface area contributed by atoms with Crippen molar-refractivity contribution in [3.05, 3.63) is 71.5 Å². The van der Waals surface area contributed by atoms with E-state index in [1.807, 2.05) is 45.1 Å². The normalized spacial score (nSPS) is 17.1. The Hall–Kier alpha value is -4.12. The van der Waals surface area contributed by atoms with Gasteiger partial charge in [0.05, 0.1) is 17.2 Å². The van der Waals surface area contributed by atoms with Crippen LogP contribution >= 0.6 is 0 Å². The fraction of sp³-hybridized carbons (Fsp3) is 0.333. The molecule has 1 aliphatic rings. The Morgan fingerprint density at radius 2 is 1.97 bits per heavy atom. The lowest BCUT2D eigenvalue weighted by Gasteiger charge is -2.28. The first kappa shape index (κ1) is 24.0. The van der Waals surface area contributed by atoms with Gasteiger partial charge in [0.1, 0.15) is 29.9 Å². The van der Waals surface area contributed by atoms with Crippen molar-refractivity contribution in [2.24, 2.45) is 0 Å². The van der Waals surface area contributed by atoms with Crippen LogP contribution in [0.5, 0.6) is 0 Å². The number of hydrogen-bond acceptors (Lipinski definition) is 9. The Kier molecular flexibility index (Phi) is 7.16. The van der Waals surface area contributed by atoms with Crippen LogP contribution in [0.15, 0.2) is 48.6 Å². The summed E-state index contributed by atoms with van der Waals surface area (Å²) < 4.78 is 7.62. The van der Waals surface area contributed by atoms with Crippen molar-refractivity contribution in [3.8, 4) is 0 Å². The summed E-state index contributed by atoms with van der Waals surface area (Å²) in [6.07, 6.45) is 8.71. The number of allylic oxidation sites excluding steroid dienone is 2. The summed E-state index contributed by atoms with van der Waals surface area (Å²) in [5.41, 5.74) is 2.57. The molecule has 2 unspecified atom stereocenters. The average Bonchev–Trinajstić information content (AvgIpc) is 3.32. The maximum atomic E-state index is 12.6. The van der Waals surface area contributed by atoms with E-state index in [2.05, 4.69) is 41.0 Å². The van der Waals surface area contributed by atoms with Crippen LogP contribution in [0.3, 0.4) is 0 Å². The lowest BCUT2D eigenvalue weighted by molar-refractivity contribution is 0.0963. The number of carbonyl (C=O) groups excluding carboxylic acids is 1. The number of aromatic nitrogens is 6. The van der Waals surface area contributed by atoms with Gasteiger partial charge in [-0.1, -0.05) is 12.2 Å². The van der Waals surface area contributed by atoms with E-state index in [0.29, 0.717) is 34.5 Å². The van der Waals surface area contributed by atoms with Crippen molar-refractivity contribution in [1.82, 2.24) is 35.0 Å². The van der Waals surface area contributed by atoms with Crippen LogP contribution in [0.1, 0.15) is 40.5 Å². The van der Waals surface area contributed by atoms with E-state index in [9.17, 15) is 4.79 Å². The second-order valence-corrected chi connectivity index (χ2v) is 8.03. The number of hydrogen-bond donors (Lipinski definition) is 3. The lowest BCUT2D eigenvalue weighted by Crippen LogP contribution is -2.30. The zero-order chi connectivity index (χ0) is 24.9. The van der Waals surface area contributed by atoms with Crippen LogP contribution in [0.4, 0.5) is 17.3 Å². The van der Waals surface area contributed by atoms with Gasteiger partial charge in [-0.3, -0.25) is 9.48 Å². The fourth-order valence-corrected chi connectivity index (χ4v) is 3.90. The maximum absolute atomic E-state index is 12.6. The Balaban J connectivity index is 1.65. The Morgan fingerprint density at radius 3 is 2.66 bits per heavy atom. The monoisotopic (exact) mass is 475 g/mol. The minimum atomic E-state index is -0.373. The first-order valence-electron chi connectivity index (χ1n) is 11.3. The molecular formula is C24H29N9O2. The second kappa shape index (κ2) is 10.4. The molecule has 0 bridgehead atoms. The smallest absolute Gasteiger partial charge is 0.254 e. The molecule has 0 aliphatic heterocycles. The first-order valence-corrected chi connectivity index (χ1v) is 11.3. The van der Waals surface area contributed by atoms with Crippen LogP contribution in [-0.2, 0) is 11.3 Å². The van der Waals surface area contributed by atoms with Crippen molar-refractivity contribution >= 4 is 23.2 Å². The molecule has 0 fully saturated rings. The minimum absolute atomic E-state index is 0.185. The number of rotatable bonds is 8. The number of anilines is 3. The van der Waals surface area contributed by atoms with Gasteiger partial charge in [-0.25, -0.2) is 19.9 Å². The van der Waals surface area contributed by atoms with Crippen molar-refractivity contribution in [2.45, 2.75) is 39.3 Å². The molecular weight excluding hydrogens is 446 g/mol. The molecule has 11 heteroatoms. The van der Waals surface area contributed by atoms with Crippen LogP contribution in [0.2, 0.25) is 0 Å². The Morgan fingerprint density at radius 1 is 1.14 bits per heavy atom. The summed E-state index contributed by atoms with van der Waals surface area (Å²) in [4.78, 5) is 30.2. The largest absolute Gasteiger partial charge is 0.374 e. The van der Waals surface area contributed by atoms with Gasteiger partial charge in [0.25, 0.3) is 5.91 Å². The van der Waals surface area contributed by atoms with E-state index in [4.69, 9.17) is 4.74 Å². The number of pyridine rings is 1. The minimum Gasteiger partial charge on any atom is -0.374 e. The predicted octanol–water partition coefficient (Wildman–Crippen LogP) is 2.87. The molecule has 11 nitrogen and oxygen atoms in total. The predicted molar refractivity (Wildman–Crippen MR) is 132 cm³/mol. The van der Waals surface area contributed by atoms with E-state index < -0.39 is 0 Å². The number of amides is 1. The van der Waals surface area contributed by atoms with E-state index in [-0.39, 0.29) is 17.9 Å². The zero-order valence-electron chi connectivity index (χ0n) is 20.4. The summed E-state index contributed by atoms with van der Waals surface area (Å²) in [5.74, 6) is 2.02. The van der Waals surface area contributed by atoms with Gasteiger partial charge in [0.15, 0.2) is 5.82 Å². The van der Waals surface area contributed by atoms with Gasteiger partial charge in [0, 0.05) is 50.4 Å². The van der Waals surface area contributed by atoms with Crippen LogP contribution in [0, 0.1) is 13.8 Å².